The van der Waals surface area contributed by atoms with Gasteiger partial charge in [0.05, 0.1) is 23.3 Å². The molecule has 0 spiro atoms. The van der Waals surface area contributed by atoms with E-state index < -0.39 is 36.1 Å². The lowest BCUT2D eigenvalue weighted by Gasteiger charge is -2.41. The second-order valence-electron chi connectivity index (χ2n) is 10.1. The summed E-state index contributed by atoms with van der Waals surface area (Å²) in [6.07, 6.45) is 0.680. The van der Waals surface area contributed by atoms with Gasteiger partial charge in [-0.2, -0.15) is 0 Å². The number of benzene rings is 2. The first-order valence-electron chi connectivity index (χ1n) is 13.7. The molecule has 3 N–H and O–H groups in total. The van der Waals surface area contributed by atoms with Crippen LogP contribution in [0.4, 0.5) is 4.39 Å². The Balaban J connectivity index is 1.70. The first-order valence-corrected chi connectivity index (χ1v) is 14.8. The monoisotopic (exact) mass is 696 g/mol. The quantitative estimate of drug-likeness (QED) is 0.228. The number of aliphatic hydroxyl groups excluding tert-OH is 2. The van der Waals surface area contributed by atoms with E-state index in [0.29, 0.717) is 40.4 Å². The Hall–Kier alpha value is -3.07. The van der Waals surface area contributed by atoms with Crippen molar-refractivity contribution in [2.75, 3.05) is 33.4 Å². The first-order chi connectivity index (χ1) is 20.2. The predicted octanol–water partition coefficient (Wildman–Crippen LogP) is 2.42. The first kappa shape index (κ1) is 31.9. The van der Waals surface area contributed by atoms with Crippen LogP contribution in [-0.2, 0) is 20.7 Å². The number of carbonyl (C=O) groups excluding carboxylic acids is 3. The zero-order valence-corrected chi connectivity index (χ0v) is 25.3. The van der Waals surface area contributed by atoms with Crippen molar-refractivity contribution in [2.45, 2.75) is 50.0 Å². The maximum absolute atomic E-state index is 13.9. The van der Waals surface area contributed by atoms with Crippen molar-refractivity contribution in [1.29, 1.82) is 0 Å². The molecule has 12 heteroatoms. The molecule has 226 valence electrons. The van der Waals surface area contributed by atoms with Crippen molar-refractivity contribution in [3.63, 3.8) is 0 Å². The summed E-state index contributed by atoms with van der Waals surface area (Å²) in [4.78, 5) is 39.8. The fourth-order valence-electron chi connectivity index (χ4n) is 5.18. The van der Waals surface area contributed by atoms with Crippen molar-refractivity contribution in [3.8, 4) is 11.5 Å². The third kappa shape index (κ3) is 7.65. The smallest absolute Gasteiger partial charge is 0.252 e. The van der Waals surface area contributed by atoms with Crippen molar-refractivity contribution in [2.24, 2.45) is 0 Å². The summed E-state index contributed by atoms with van der Waals surface area (Å²) in [6, 6.07) is 8.29. The molecule has 2 amide bonds. The van der Waals surface area contributed by atoms with Gasteiger partial charge in [-0.1, -0.05) is 12.1 Å². The highest BCUT2D eigenvalue weighted by atomic mass is 127. The molecule has 1 saturated heterocycles. The van der Waals surface area contributed by atoms with Crippen LogP contribution in [-0.4, -0.2) is 91.0 Å². The molecule has 2 aromatic carbocycles. The number of nitrogens with one attached hydrogen (secondary N) is 1. The summed E-state index contributed by atoms with van der Waals surface area (Å²) in [7, 11) is 1.42. The zero-order chi connectivity index (χ0) is 30.2. The van der Waals surface area contributed by atoms with Crippen LogP contribution in [0.3, 0.4) is 0 Å². The van der Waals surface area contributed by atoms with E-state index in [1.54, 1.807) is 18.2 Å². The average molecular weight is 697 g/mol. The number of ether oxygens (including phenoxy) is 3. The number of amides is 2. The van der Waals surface area contributed by atoms with Crippen molar-refractivity contribution < 1.29 is 43.2 Å². The number of methoxy groups -OCH3 is 1. The van der Waals surface area contributed by atoms with Crippen LogP contribution in [0.5, 0.6) is 11.5 Å². The van der Waals surface area contributed by atoms with Crippen LogP contribution in [0.1, 0.15) is 35.2 Å². The molecule has 4 rings (SSSR count). The molecular formula is C30H34FIN2O8. The summed E-state index contributed by atoms with van der Waals surface area (Å²) in [5.41, 5.74) is 1.30. The molecule has 0 aromatic heterocycles. The summed E-state index contributed by atoms with van der Waals surface area (Å²) in [5, 5.41) is 23.6. The van der Waals surface area contributed by atoms with Crippen LogP contribution in [0, 0.1) is 9.39 Å². The molecule has 1 aliphatic heterocycles. The maximum Gasteiger partial charge on any atom is 0.252 e. The molecule has 0 saturated carbocycles. The maximum atomic E-state index is 13.9. The highest BCUT2D eigenvalue weighted by Gasteiger charge is 2.42. The summed E-state index contributed by atoms with van der Waals surface area (Å²) in [6.45, 7) is 0.334. The van der Waals surface area contributed by atoms with Gasteiger partial charge in [-0.15, -0.1) is 0 Å². The SMILES string of the molecule is COc1cc(C=O)cc(I)c1O[C@H]1C=C(C(=O)NCCO)C[C@@H](N(CCc2cccc(F)c2)C(=O)C2CCCO2)[C@@H]1O. The van der Waals surface area contributed by atoms with Crippen LogP contribution in [0.15, 0.2) is 48.0 Å². The lowest BCUT2D eigenvalue weighted by molar-refractivity contribution is -0.148. The molecule has 0 bridgehead atoms. The normalized spacial score (nSPS) is 21.8. The van der Waals surface area contributed by atoms with Gasteiger partial charge in [-0.05, 0) is 77.8 Å². The molecule has 2 aromatic rings. The van der Waals surface area contributed by atoms with E-state index in [1.807, 2.05) is 22.6 Å². The standard InChI is InChI=1S/C30H34FIN2O8/c1-40-26-14-19(17-36)13-22(32)28(26)42-25-16-20(29(38)33-8-10-35)15-23(27(25)37)34(30(39)24-6-3-11-41-24)9-7-18-4-2-5-21(31)12-18/h2,4-5,12-14,16-17,23-25,27,35,37H,3,6-11,15H2,1H3,(H,33,38)/t23-,24?,25+,27+/m1/s1. The average Bonchev–Trinajstić information content (AvgIpc) is 3.53. The van der Waals surface area contributed by atoms with E-state index in [-0.39, 0.29) is 49.1 Å². The van der Waals surface area contributed by atoms with Crippen LogP contribution in [0.2, 0.25) is 0 Å². The topological polar surface area (TPSA) is 135 Å². The Bertz CT molecular complexity index is 1320. The van der Waals surface area contributed by atoms with Gasteiger partial charge in [0, 0.05) is 37.3 Å². The van der Waals surface area contributed by atoms with Gasteiger partial charge in [-0.25, -0.2) is 4.39 Å². The molecule has 1 heterocycles. The van der Waals surface area contributed by atoms with Crippen LogP contribution >= 0.6 is 22.6 Å². The van der Waals surface area contributed by atoms with Gasteiger partial charge in [0.1, 0.15) is 30.4 Å². The second kappa shape index (κ2) is 14.9. The van der Waals surface area contributed by atoms with Crippen molar-refractivity contribution in [1.82, 2.24) is 10.2 Å². The Morgan fingerprint density at radius 3 is 2.76 bits per heavy atom. The molecule has 1 unspecified atom stereocenters. The van der Waals surface area contributed by atoms with E-state index in [1.165, 1.54) is 36.3 Å². The van der Waals surface area contributed by atoms with Gasteiger partial charge in [0.15, 0.2) is 11.5 Å². The van der Waals surface area contributed by atoms with E-state index >= 15 is 0 Å². The summed E-state index contributed by atoms with van der Waals surface area (Å²) >= 11 is 1.99. The number of hydrogen-bond acceptors (Lipinski definition) is 8. The molecule has 10 nitrogen and oxygen atoms in total. The minimum Gasteiger partial charge on any atom is -0.493 e. The molecule has 42 heavy (non-hydrogen) atoms. The van der Waals surface area contributed by atoms with Gasteiger partial charge >= 0.3 is 0 Å². The Kier molecular flexibility index (Phi) is 11.3. The van der Waals surface area contributed by atoms with Gasteiger partial charge < -0.3 is 34.6 Å². The number of aliphatic hydroxyl groups is 2. The van der Waals surface area contributed by atoms with Gasteiger partial charge in [0.2, 0.25) is 5.91 Å². The minimum atomic E-state index is -1.27. The van der Waals surface area contributed by atoms with E-state index in [0.717, 1.165) is 6.42 Å². The van der Waals surface area contributed by atoms with Crippen LogP contribution < -0.4 is 14.8 Å². The number of nitrogens with zero attached hydrogens (tertiary/aromatic N) is 1. The number of hydrogen-bond donors (Lipinski definition) is 3. The van der Waals surface area contributed by atoms with E-state index in [4.69, 9.17) is 14.2 Å². The summed E-state index contributed by atoms with van der Waals surface area (Å²) < 4.78 is 31.8. The minimum absolute atomic E-state index is 0.0121. The number of rotatable bonds is 12. The highest BCUT2D eigenvalue weighted by Crippen LogP contribution is 2.37. The third-order valence-corrected chi connectivity index (χ3v) is 8.08. The zero-order valence-electron chi connectivity index (χ0n) is 23.1. The Morgan fingerprint density at radius 2 is 2.10 bits per heavy atom. The molecule has 1 fully saturated rings. The number of aldehydes is 1. The molecule has 2 aliphatic rings. The van der Waals surface area contributed by atoms with Gasteiger partial charge in [-0.3, -0.25) is 14.4 Å². The summed E-state index contributed by atoms with van der Waals surface area (Å²) in [5.74, 6) is -0.674. The lowest BCUT2D eigenvalue weighted by Crippen LogP contribution is -2.57. The Labute approximate surface area is 257 Å². The Morgan fingerprint density at radius 1 is 1.29 bits per heavy atom. The third-order valence-electron chi connectivity index (χ3n) is 7.28. The van der Waals surface area contributed by atoms with Crippen molar-refractivity contribution >= 4 is 40.7 Å². The predicted molar refractivity (Wildman–Crippen MR) is 159 cm³/mol. The lowest BCUT2D eigenvalue weighted by atomic mass is 9.87. The largest absolute Gasteiger partial charge is 0.493 e. The second-order valence-corrected chi connectivity index (χ2v) is 11.2. The van der Waals surface area contributed by atoms with Crippen LogP contribution in [0.25, 0.3) is 0 Å². The van der Waals surface area contributed by atoms with E-state index in [9.17, 15) is 29.0 Å². The molecule has 1 aliphatic carbocycles. The molecule has 0 radical (unpaired) electrons. The highest BCUT2D eigenvalue weighted by molar-refractivity contribution is 14.1. The molecule has 4 atom stereocenters. The number of halogens is 2. The van der Waals surface area contributed by atoms with Gasteiger partial charge in [0.25, 0.3) is 5.91 Å². The van der Waals surface area contributed by atoms with E-state index in [2.05, 4.69) is 5.32 Å². The molecular weight excluding hydrogens is 662 g/mol. The number of carbonyl (C=O) groups is 3. The van der Waals surface area contributed by atoms with Crippen molar-refractivity contribution in [3.05, 3.63) is 68.6 Å². The fraction of sp³-hybridized carbons (Fsp3) is 0.433. The fourth-order valence-corrected chi connectivity index (χ4v) is 5.93.